The maximum absolute atomic E-state index is 10.8. The zero-order valence-electron chi connectivity index (χ0n) is 9.77. The van der Waals surface area contributed by atoms with Gasteiger partial charge in [0.2, 0.25) is 0 Å². The second kappa shape index (κ2) is 6.00. The highest BCUT2D eigenvalue weighted by Crippen LogP contribution is 2.12. The Morgan fingerprint density at radius 1 is 1.38 bits per heavy atom. The maximum Gasteiger partial charge on any atom is 0.314 e. The van der Waals surface area contributed by atoms with Crippen molar-refractivity contribution in [2.75, 3.05) is 20.2 Å². The number of carbonyl (C=O) groups excluding carboxylic acids is 1. The number of hydrogen-bond donors (Lipinski definition) is 1. The van der Waals surface area contributed by atoms with E-state index in [4.69, 9.17) is 10.5 Å². The first-order valence-electron chi connectivity index (χ1n) is 5.35. The normalized spacial score (nSPS) is 9.88. The number of hydrogen-bond acceptors (Lipinski definition) is 2. The maximum atomic E-state index is 10.8. The quantitative estimate of drug-likeness (QED) is 0.823. The second-order valence-electron chi connectivity index (χ2n) is 3.59. The Morgan fingerprint density at radius 2 is 2.00 bits per heavy atom. The molecule has 4 heteroatoms. The lowest BCUT2D eigenvalue weighted by Gasteiger charge is -2.13. The number of primary amides is 1. The molecule has 0 bridgehead atoms. The first kappa shape index (κ1) is 12.4. The van der Waals surface area contributed by atoms with Gasteiger partial charge in [-0.05, 0) is 31.0 Å². The van der Waals surface area contributed by atoms with Gasteiger partial charge < -0.3 is 15.4 Å². The summed E-state index contributed by atoms with van der Waals surface area (Å²) in [5.74, 6) is 0.870. The van der Waals surface area contributed by atoms with E-state index < -0.39 is 6.03 Å². The third-order valence-electron chi connectivity index (χ3n) is 2.35. The molecule has 16 heavy (non-hydrogen) atoms. The van der Waals surface area contributed by atoms with Crippen molar-refractivity contribution in [3.8, 4) is 5.75 Å². The van der Waals surface area contributed by atoms with Crippen molar-refractivity contribution in [3.05, 3.63) is 29.8 Å². The SMILES string of the molecule is CCOc1ccc(CCN(C)C(N)=O)cc1. The van der Waals surface area contributed by atoms with E-state index in [9.17, 15) is 4.79 Å². The van der Waals surface area contributed by atoms with Gasteiger partial charge in [-0.2, -0.15) is 0 Å². The molecule has 0 heterocycles. The Bertz CT molecular complexity index is 335. The molecule has 2 N–H and O–H groups in total. The lowest BCUT2D eigenvalue weighted by Crippen LogP contribution is -2.33. The third kappa shape index (κ3) is 3.81. The monoisotopic (exact) mass is 222 g/mol. The predicted molar refractivity (Wildman–Crippen MR) is 63.5 cm³/mol. The molecule has 1 aromatic carbocycles. The number of amides is 2. The topological polar surface area (TPSA) is 55.6 Å². The zero-order chi connectivity index (χ0) is 12.0. The first-order valence-corrected chi connectivity index (χ1v) is 5.35. The Balaban J connectivity index is 2.46. The van der Waals surface area contributed by atoms with E-state index in [1.165, 1.54) is 4.90 Å². The molecular formula is C12H18N2O2. The van der Waals surface area contributed by atoms with Crippen molar-refractivity contribution < 1.29 is 9.53 Å². The minimum absolute atomic E-state index is 0.397. The largest absolute Gasteiger partial charge is 0.494 e. The van der Waals surface area contributed by atoms with Crippen LogP contribution in [0.2, 0.25) is 0 Å². The fraction of sp³-hybridized carbons (Fsp3) is 0.417. The van der Waals surface area contributed by atoms with Crippen molar-refractivity contribution in [1.29, 1.82) is 0 Å². The summed E-state index contributed by atoms with van der Waals surface area (Å²) in [6.07, 6.45) is 0.797. The van der Waals surface area contributed by atoms with Gasteiger partial charge in [-0.3, -0.25) is 0 Å². The number of benzene rings is 1. The molecule has 0 aliphatic rings. The highest BCUT2D eigenvalue weighted by atomic mass is 16.5. The molecule has 1 aromatic rings. The minimum Gasteiger partial charge on any atom is -0.494 e. The highest BCUT2D eigenvalue weighted by Gasteiger charge is 2.02. The molecule has 0 aromatic heterocycles. The van der Waals surface area contributed by atoms with Crippen LogP contribution in [0.3, 0.4) is 0 Å². The molecular weight excluding hydrogens is 204 g/mol. The first-order chi connectivity index (χ1) is 7.63. The molecule has 0 atom stereocenters. The van der Waals surface area contributed by atoms with Crippen LogP contribution < -0.4 is 10.5 Å². The van der Waals surface area contributed by atoms with Crippen LogP contribution in [0, 0.1) is 0 Å². The van der Waals surface area contributed by atoms with Gasteiger partial charge in [-0.15, -0.1) is 0 Å². The molecule has 0 fully saturated rings. The molecule has 0 saturated heterocycles. The fourth-order valence-electron chi connectivity index (χ4n) is 1.33. The van der Waals surface area contributed by atoms with Crippen molar-refractivity contribution >= 4 is 6.03 Å². The van der Waals surface area contributed by atoms with E-state index in [0.29, 0.717) is 13.2 Å². The standard InChI is InChI=1S/C12H18N2O2/c1-3-16-11-6-4-10(5-7-11)8-9-14(2)12(13)15/h4-7H,3,8-9H2,1-2H3,(H2,13,15). The number of rotatable bonds is 5. The average Bonchev–Trinajstić information content (AvgIpc) is 2.28. The van der Waals surface area contributed by atoms with Gasteiger partial charge >= 0.3 is 6.03 Å². The van der Waals surface area contributed by atoms with Gasteiger partial charge in [0.05, 0.1) is 6.61 Å². The van der Waals surface area contributed by atoms with Crippen LogP contribution in [0.5, 0.6) is 5.75 Å². The van der Waals surface area contributed by atoms with Crippen molar-refractivity contribution in [2.45, 2.75) is 13.3 Å². The van der Waals surface area contributed by atoms with Crippen LogP contribution in [0.1, 0.15) is 12.5 Å². The summed E-state index contributed by atoms with van der Waals surface area (Å²) in [6, 6.07) is 7.47. The summed E-state index contributed by atoms with van der Waals surface area (Å²) in [5.41, 5.74) is 6.29. The van der Waals surface area contributed by atoms with Crippen LogP contribution in [0.15, 0.2) is 24.3 Å². The van der Waals surface area contributed by atoms with Crippen molar-refractivity contribution in [2.24, 2.45) is 5.73 Å². The molecule has 0 radical (unpaired) electrons. The molecule has 0 aliphatic heterocycles. The number of ether oxygens (including phenoxy) is 1. The highest BCUT2D eigenvalue weighted by molar-refractivity contribution is 5.71. The molecule has 0 saturated carbocycles. The van der Waals surface area contributed by atoms with Crippen molar-refractivity contribution in [1.82, 2.24) is 4.90 Å². The third-order valence-corrected chi connectivity index (χ3v) is 2.35. The number of nitrogens with zero attached hydrogens (tertiary/aromatic N) is 1. The second-order valence-corrected chi connectivity index (χ2v) is 3.59. The molecule has 0 aliphatic carbocycles. The number of urea groups is 1. The van der Waals surface area contributed by atoms with Gasteiger partial charge in [-0.1, -0.05) is 12.1 Å². The van der Waals surface area contributed by atoms with Gasteiger partial charge in [0, 0.05) is 13.6 Å². The van der Waals surface area contributed by atoms with Crippen molar-refractivity contribution in [3.63, 3.8) is 0 Å². The summed E-state index contributed by atoms with van der Waals surface area (Å²) < 4.78 is 5.34. The Labute approximate surface area is 96.0 Å². The molecule has 88 valence electrons. The fourth-order valence-corrected chi connectivity index (χ4v) is 1.33. The molecule has 0 spiro atoms. The van der Waals surface area contributed by atoms with Crippen LogP contribution in [-0.4, -0.2) is 31.1 Å². The van der Waals surface area contributed by atoms with E-state index in [1.54, 1.807) is 7.05 Å². The van der Waals surface area contributed by atoms with E-state index in [-0.39, 0.29) is 0 Å². The van der Waals surface area contributed by atoms with E-state index >= 15 is 0 Å². The smallest absolute Gasteiger partial charge is 0.314 e. The lowest BCUT2D eigenvalue weighted by molar-refractivity contribution is 0.219. The summed E-state index contributed by atoms with van der Waals surface area (Å²) in [7, 11) is 1.69. The van der Waals surface area contributed by atoms with Gasteiger partial charge in [-0.25, -0.2) is 4.79 Å². The molecule has 0 unspecified atom stereocenters. The number of carbonyl (C=O) groups is 1. The van der Waals surface area contributed by atoms with Crippen LogP contribution in [0.4, 0.5) is 4.79 Å². The molecule has 4 nitrogen and oxygen atoms in total. The van der Waals surface area contributed by atoms with Gasteiger partial charge in [0.25, 0.3) is 0 Å². The van der Waals surface area contributed by atoms with Gasteiger partial charge in [0.1, 0.15) is 5.75 Å². The predicted octanol–water partition coefficient (Wildman–Crippen LogP) is 1.64. The summed E-state index contributed by atoms with van der Waals surface area (Å²) in [4.78, 5) is 12.3. The summed E-state index contributed by atoms with van der Waals surface area (Å²) in [5, 5.41) is 0. The number of nitrogens with two attached hydrogens (primary N) is 1. The molecule has 2 amide bonds. The minimum atomic E-state index is -0.397. The summed E-state index contributed by atoms with van der Waals surface area (Å²) >= 11 is 0. The number of likely N-dealkylation sites (N-methyl/N-ethyl adjacent to an activating group) is 1. The van der Waals surface area contributed by atoms with E-state index in [1.807, 2.05) is 31.2 Å². The van der Waals surface area contributed by atoms with E-state index in [2.05, 4.69) is 0 Å². The lowest BCUT2D eigenvalue weighted by atomic mass is 10.1. The Hall–Kier alpha value is -1.71. The average molecular weight is 222 g/mol. The Kier molecular flexibility index (Phi) is 4.64. The molecule has 1 rings (SSSR count). The van der Waals surface area contributed by atoms with Crippen LogP contribution in [-0.2, 0) is 6.42 Å². The van der Waals surface area contributed by atoms with Gasteiger partial charge in [0.15, 0.2) is 0 Å². The Morgan fingerprint density at radius 3 is 2.50 bits per heavy atom. The van der Waals surface area contributed by atoms with Crippen LogP contribution >= 0.6 is 0 Å². The summed E-state index contributed by atoms with van der Waals surface area (Å²) in [6.45, 7) is 3.25. The van der Waals surface area contributed by atoms with Crippen LogP contribution in [0.25, 0.3) is 0 Å². The zero-order valence-corrected chi connectivity index (χ0v) is 9.77. The van der Waals surface area contributed by atoms with E-state index in [0.717, 1.165) is 17.7 Å².